The average Bonchev–Trinajstić information content (AvgIpc) is 3.47. The molecule has 37 heavy (non-hydrogen) atoms. The van der Waals surface area contributed by atoms with Gasteiger partial charge in [-0.05, 0) is 29.3 Å². The Bertz CT molecular complexity index is 1240. The molecule has 1 atom stereocenters. The Labute approximate surface area is 210 Å². The number of halogens is 1. The van der Waals surface area contributed by atoms with E-state index in [1.54, 1.807) is 18.3 Å². The number of nitrogens with zero attached hydrogens (tertiary/aromatic N) is 3. The molecule has 15 heteroatoms. The van der Waals surface area contributed by atoms with E-state index >= 15 is 0 Å². The minimum absolute atomic E-state index is 0.202. The van der Waals surface area contributed by atoms with Gasteiger partial charge in [-0.15, -0.1) is 0 Å². The SMILES string of the molecule is CC(=O)NC[C@H]1CN(c2ccc(-c3ccc(CNCc4cn[nH]n4)cc3)c(F)c2)C(=O)O1.O=P(O)(O)O. The number of phosphoric acid groups is 1. The second kappa shape index (κ2) is 12.5. The topological polar surface area (TPSA) is 190 Å². The number of carbonyl (C=O) groups is 2. The summed E-state index contributed by atoms with van der Waals surface area (Å²) in [5.41, 5.74) is 3.47. The highest BCUT2D eigenvalue weighted by Crippen LogP contribution is 2.29. The smallest absolute Gasteiger partial charge is 0.442 e. The zero-order valence-corrected chi connectivity index (χ0v) is 20.6. The largest absolute Gasteiger partial charge is 0.466 e. The predicted molar refractivity (Wildman–Crippen MR) is 129 cm³/mol. The van der Waals surface area contributed by atoms with Crippen LogP contribution in [-0.2, 0) is 27.2 Å². The van der Waals surface area contributed by atoms with Crippen molar-refractivity contribution in [3.63, 3.8) is 0 Å². The fourth-order valence-electron chi connectivity index (χ4n) is 3.45. The number of cyclic esters (lactones) is 1. The summed E-state index contributed by atoms with van der Waals surface area (Å²) in [6.07, 6.45) is 0.627. The third-order valence-electron chi connectivity index (χ3n) is 5.08. The highest BCUT2D eigenvalue weighted by atomic mass is 31.2. The van der Waals surface area contributed by atoms with E-state index < -0.39 is 25.8 Å². The molecule has 2 aromatic carbocycles. The average molecular weight is 536 g/mol. The highest BCUT2D eigenvalue weighted by molar-refractivity contribution is 7.45. The van der Waals surface area contributed by atoms with Crippen LogP contribution in [0.15, 0.2) is 48.7 Å². The Morgan fingerprint density at radius 2 is 1.92 bits per heavy atom. The molecule has 4 rings (SSSR count). The van der Waals surface area contributed by atoms with E-state index in [9.17, 15) is 14.0 Å². The lowest BCUT2D eigenvalue weighted by atomic mass is 10.0. The van der Waals surface area contributed by atoms with Gasteiger partial charge in [0.15, 0.2) is 0 Å². The first kappa shape index (κ1) is 27.9. The van der Waals surface area contributed by atoms with Crippen molar-refractivity contribution in [2.24, 2.45) is 0 Å². The van der Waals surface area contributed by atoms with Crippen molar-refractivity contribution >= 4 is 25.5 Å². The van der Waals surface area contributed by atoms with E-state index in [0.29, 0.717) is 24.3 Å². The minimum atomic E-state index is -4.64. The van der Waals surface area contributed by atoms with Crippen LogP contribution in [0.3, 0.4) is 0 Å². The van der Waals surface area contributed by atoms with Crippen molar-refractivity contribution in [1.82, 2.24) is 26.0 Å². The van der Waals surface area contributed by atoms with Crippen molar-refractivity contribution in [3.8, 4) is 11.1 Å². The van der Waals surface area contributed by atoms with Crippen LogP contribution in [0.1, 0.15) is 18.2 Å². The molecule has 1 aliphatic heterocycles. The van der Waals surface area contributed by atoms with Crippen LogP contribution in [0.25, 0.3) is 11.1 Å². The van der Waals surface area contributed by atoms with Crippen molar-refractivity contribution in [2.75, 3.05) is 18.0 Å². The second-order valence-corrected chi connectivity index (χ2v) is 9.02. The van der Waals surface area contributed by atoms with Crippen molar-refractivity contribution in [1.29, 1.82) is 0 Å². The molecular weight excluding hydrogens is 510 g/mol. The quantitative estimate of drug-likeness (QED) is 0.230. The van der Waals surface area contributed by atoms with Crippen LogP contribution in [0.2, 0.25) is 0 Å². The number of ether oxygens (including phenoxy) is 1. The van der Waals surface area contributed by atoms with Gasteiger partial charge in [-0.25, -0.2) is 13.8 Å². The Morgan fingerprint density at radius 3 is 2.51 bits per heavy atom. The number of H-pyrrole nitrogens is 1. The maximum absolute atomic E-state index is 14.9. The van der Waals surface area contributed by atoms with Gasteiger partial charge >= 0.3 is 13.9 Å². The fourth-order valence-corrected chi connectivity index (χ4v) is 3.45. The van der Waals surface area contributed by atoms with Gasteiger partial charge in [0.1, 0.15) is 11.9 Å². The molecule has 2 amide bonds. The summed E-state index contributed by atoms with van der Waals surface area (Å²) in [6, 6.07) is 12.2. The summed E-state index contributed by atoms with van der Waals surface area (Å²) in [4.78, 5) is 46.1. The molecule has 198 valence electrons. The monoisotopic (exact) mass is 536 g/mol. The Balaban J connectivity index is 0.000000695. The molecule has 6 N–H and O–H groups in total. The molecule has 2 heterocycles. The number of rotatable bonds is 8. The van der Waals surface area contributed by atoms with Crippen LogP contribution in [0.5, 0.6) is 0 Å². The van der Waals surface area contributed by atoms with Crippen molar-refractivity contribution in [3.05, 3.63) is 65.7 Å². The molecule has 13 nitrogen and oxygen atoms in total. The Morgan fingerprint density at radius 1 is 1.22 bits per heavy atom. The van der Waals surface area contributed by atoms with Gasteiger partial charge in [0.25, 0.3) is 0 Å². The van der Waals surface area contributed by atoms with E-state index in [2.05, 4.69) is 26.0 Å². The first-order valence-corrected chi connectivity index (χ1v) is 12.5. The Hall–Kier alpha value is -3.68. The van der Waals surface area contributed by atoms with Gasteiger partial charge < -0.3 is 30.1 Å². The molecule has 0 unspecified atom stereocenters. The van der Waals surface area contributed by atoms with Crippen LogP contribution < -0.4 is 15.5 Å². The summed E-state index contributed by atoms with van der Waals surface area (Å²) in [6.45, 7) is 3.10. The summed E-state index contributed by atoms with van der Waals surface area (Å²) >= 11 is 0. The maximum Gasteiger partial charge on any atom is 0.466 e. The molecule has 1 aromatic heterocycles. The number of benzene rings is 2. The normalized spacial score (nSPS) is 15.1. The fraction of sp³-hybridized carbons (Fsp3) is 0.273. The molecule has 3 aromatic rings. The number of amides is 2. The molecule has 1 fully saturated rings. The van der Waals surface area contributed by atoms with Gasteiger partial charge in [-0.3, -0.25) is 9.69 Å². The van der Waals surface area contributed by atoms with Crippen molar-refractivity contribution < 1.29 is 38.0 Å². The molecule has 0 aliphatic carbocycles. The minimum Gasteiger partial charge on any atom is -0.442 e. The zero-order chi connectivity index (χ0) is 27.0. The lowest BCUT2D eigenvalue weighted by Crippen LogP contribution is -2.33. The van der Waals surface area contributed by atoms with Crippen LogP contribution in [0, 0.1) is 5.82 Å². The standard InChI is InChI=1S/C22H23FN6O3.H3O4P/c1-14(30)25-12-19-13-29(22(31)32-19)18-6-7-20(21(23)8-18)16-4-2-15(3-5-16)9-24-10-17-11-26-28-27-17;1-5(2,3)4/h2-8,11,19,24H,9-10,12-13H2,1H3,(H,25,30)(H,26,27,28);(H3,1,2,3,4)/t19-;/m0./s1. The number of hydrogen-bond donors (Lipinski definition) is 6. The number of anilines is 1. The zero-order valence-electron chi connectivity index (χ0n) is 19.7. The number of nitrogens with one attached hydrogen (secondary N) is 3. The van der Waals surface area contributed by atoms with Gasteiger partial charge in [0.2, 0.25) is 5.91 Å². The summed E-state index contributed by atoms with van der Waals surface area (Å²) in [5.74, 6) is -0.635. The number of carbonyl (C=O) groups excluding carboxylic acids is 2. The van der Waals surface area contributed by atoms with Crippen LogP contribution in [0.4, 0.5) is 14.9 Å². The maximum atomic E-state index is 14.9. The summed E-state index contributed by atoms with van der Waals surface area (Å²) < 4.78 is 29.0. The lowest BCUT2D eigenvalue weighted by Gasteiger charge is -2.15. The van der Waals surface area contributed by atoms with E-state index in [1.807, 2.05) is 24.3 Å². The molecular formula is C22H26FN6O7P. The molecule has 0 radical (unpaired) electrons. The van der Waals surface area contributed by atoms with Crippen molar-refractivity contribution in [2.45, 2.75) is 26.1 Å². The van der Waals surface area contributed by atoms with E-state index in [4.69, 9.17) is 24.0 Å². The first-order chi connectivity index (χ1) is 17.5. The first-order valence-electron chi connectivity index (χ1n) is 10.9. The van der Waals surface area contributed by atoms with Gasteiger partial charge in [0.05, 0.1) is 30.7 Å². The Kier molecular flexibility index (Phi) is 9.44. The summed E-state index contributed by atoms with van der Waals surface area (Å²) in [5, 5.41) is 16.2. The lowest BCUT2D eigenvalue weighted by molar-refractivity contribution is -0.119. The van der Waals surface area contributed by atoms with E-state index in [0.717, 1.165) is 16.8 Å². The van der Waals surface area contributed by atoms with Crippen LogP contribution in [-0.4, -0.2) is 61.3 Å². The number of aromatic amines is 1. The van der Waals surface area contributed by atoms with Gasteiger partial charge in [0, 0.05) is 25.6 Å². The molecule has 0 spiro atoms. The summed E-state index contributed by atoms with van der Waals surface area (Å²) in [7, 11) is -4.64. The van der Waals surface area contributed by atoms with Crippen LogP contribution >= 0.6 is 7.82 Å². The van der Waals surface area contributed by atoms with E-state index in [1.165, 1.54) is 17.9 Å². The third kappa shape index (κ3) is 9.04. The van der Waals surface area contributed by atoms with E-state index in [-0.39, 0.29) is 19.0 Å². The second-order valence-electron chi connectivity index (χ2n) is 7.99. The van der Waals surface area contributed by atoms with Gasteiger partial charge in [-0.1, -0.05) is 24.3 Å². The number of hydrogen-bond acceptors (Lipinski definition) is 7. The third-order valence-corrected chi connectivity index (χ3v) is 5.08. The molecule has 1 saturated heterocycles. The molecule has 0 saturated carbocycles. The molecule has 0 bridgehead atoms. The highest BCUT2D eigenvalue weighted by Gasteiger charge is 2.32. The van der Waals surface area contributed by atoms with Gasteiger partial charge in [-0.2, -0.15) is 15.4 Å². The number of aromatic nitrogens is 3. The molecule has 1 aliphatic rings. The predicted octanol–water partition coefficient (Wildman–Crippen LogP) is 1.43.